The minimum atomic E-state index is -0.143. The van der Waals surface area contributed by atoms with Gasteiger partial charge in [-0.25, -0.2) is 0 Å². The Bertz CT molecular complexity index is 502. The Morgan fingerprint density at radius 3 is 2.69 bits per heavy atom. The molecule has 1 heterocycles. The number of H-pyrrole nitrogens is 1. The number of benzene rings is 1. The van der Waals surface area contributed by atoms with E-state index in [2.05, 4.69) is 37.9 Å². The minimum absolute atomic E-state index is 0.143. The molecule has 0 fully saturated rings. The van der Waals surface area contributed by atoms with E-state index in [-0.39, 0.29) is 11.4 Å². The van der Waals surface area contributed by atoms with Gasteiger partial charge >= 0.3 is 0 Å². The van der Waals surface area contributed by atoms with Crippen molar-refractivity contribution in [2.45, 2.75) is 30.4 Å². The number of thioether (sulfide) groups is 1. The van der Waals surface area contributed by atoms with Crippen molar-refractivity contribution in [1.82, 2.24) is 4.98 Å². The highest BCUT2D eigenvalue weighted by Gasteiger charge is 2.21. The van der Waals surface area contributed by atoms with Crippen molar-refractivity contribution >= 4 is 22.7 Å². The summed E-state index contributed by atoms with van der Waals surface area (Å²) in [7, 11) is 0. The van der Waals surface area contributed by atoms with E-state index in [0.29, 0.717) is 0 Å². The molecule has 0 saturated carbocycles. The van der Waals surface area contributed by atoms with Gasteiger partial charge in [0.25, 0.3) is 0 Å². The molecule has 0 saturated heterocycles. The van der Waals surface area contributed by atoms with Crippen LogP contribution >= 0.6 is 11.8 Å². The van der Waals surface area contributed by atoms with Crippen molar-refractivity contribution in [2.24, 2.45) is 0 Å². The summed E-state index contributed by atoms with van der Waals surface area (Å²) in [6.45, 7) is 6.37. The van der Waals surface area contributed by atoms with Crippen LogP contribution in [0.1, 0.15) is 19.5 Å². The van der Waals surface area contributed by atoms with Gasteiger partial charge in [-0.05, 0) is 26.8 Å². The lowest BCUT2D eigenvalue weighted by Gasteiger charge is -2.20. The monoisotopic (exact) mass is 235 g/mol. The van der Waals surface area contributed by atoms with Crippen LogP contribution in [0.15, 0.2) is 29.2 Å². The predicted molar refractivity (Wildman–Crippen MR) is 70.1 cm³/mol. The van der Waals surface area contributed by atoms with Crippen molar-refractivity contribution in [3.8, 4) is 0 Å². The molecule has 16 heavy (non-hydrogen) atoms. The number of aryl methyl sites for hydroxylation is 1. The van der Waals surface area contributed by atoms with Crippen molar-refractivity contribution in [1.29, 1.82) is 0 Å². The molecule has 0 atom stereocenters. The molecular weight excluding hydrogens is 218 g/mol. The van der Waals surface area contributed by atoms with E-state index in [9.17, 15) is 5.11 Å². The zero-order valence-corrected chi connectivity index (χ0v) is 10.7. The van der Waals surface area contributed by atoms with Gasteiger partial charge in [0.05, 0.1) is 6.61 Å². The fraction of sp³-hybridized carbons (Fsp3) is 0.385. The summed E-state index contributed by atoms with van der Waals surface area (Å²) in [4.78, 5) is 4.62. The maximum Gasteiger partial charge on any atom is 0.0576 e. The fourth-order valence-electron chi connectivity index (χ4n) is 1.69. The van der Waals surface area contributed by atoms with E-state index >= 15 is 0 Å². The summed E-state index contributed by atoms with van der Waals surface area (Å²) >= 11 is 1.73. The Balaban J connectivity index is 2.47. The Hall–Kier alpha value is -0.930. The zero-order valence-electron chi connectivity index (χ0n) is 9.87. The first-order chi connectivity index (χ1) is 7.53. The van der Waals surface area contributed by atoms with Gasteiger partial charge in [-0.1, -0.05) is 18.2 Å². The van der Waals surface area contributed by atoms with Crippen molar-refractivity contribution in [3.05, 3.63) is 30.0 Å². The number of nitrogens with one attached hydrogen (secondary N) is 1. The van der Waals surface area contributed by atoms with Crippen LogP contribution in [0.5, 0.6) is 0 Å². The summed E-state index contributed by atoms with van der Waals surface area (Å²) in [6, 6.07) is 8.28. The first kappa shape index (κ1) is 11.6. The Morgan fingerprint density at radius 1 is 1.31 bits per heavy atom. The molecule has 2 aromatic rings. The average molecular weight is 235 g/mol. The highest BCUT2D eigenvalue weighted by atomic mass is 32.2. The number of hydrogen-bond donors (Lipinski definition) is 2. The molecule has 3 heteroatoms. The van der Waals surface area contributed by atoms with Crippen molar-refractivity contribution in [2.75, 3.05) is 6.61 Å². The lowest BCUT2D eigenvalue weighted by molar-refractivity contribution is 0.265. The van der Waals surface area contributed by atoms with Crippen LogP contribution < -0.4 is 0 Å². The topological polar surface area (TPSA) is 36.0 Å². The number of aromatic nitrogens is 1. The number of aromatic amines is 1. The van der Waals surface area contributed by atoms with Gasteiger partial charge in [0.1, 0.15) is 0 Å². The Labute approximate surface area is 100 Å². The van der Waals surface area contributed by atoms with Crippen LogP contribution in [0.2, 0.25) is 0 Å². The second kappa shape index (κ2) is 4.15. The SMILES string of the molecule is Cc1[nH]c2ccccc2c1SC(C)(C)CO. The van der Waals surface area contributed by atoms with Crippen molar-refractivity contribution < 1.29 is 5.11 Å². The molecule has 0 unspecified atom stereocenters. The average Bonchev–Trinajstić information content (AvgIpc) is 2.56. The molecule has 0 amide bonds. The summed E-state index contributed by atoms with van der Waals surface area (Å²) in [6.07, 6.45) is 0. The smallest absolute Gasteiger partial charge is 0.0576 e. The summed E-state index contributed by atoms with van der Waals surface area (Å²) in [5.41, 5.74) is 2.34. The molecule has 2 nitrogen and oxygen atoms in total. The van der Waals surface area contributed by atoms with Gasteiger partial charge < -0.3 is 10.1 Å². The highest BCUT2D eigenvalue weighted by Crippen LogP contribution is 2.38. The third kappa shape index (κ3) is 2.11. The zero-order chi connectivity index (χ0) is 11.8. The summed E-state index contributed by atoms with van der Waals surface area (Å²) in [5.74, 6) is 0. The highest BCUT2D eigenvalue weighted by molar-refractivity contribution is 8.01. The van der Waals surface area contributed by atoms with Crippen LogP contribution in [0, 0.1) is 6.92 Å². The van der Waals surface area contributed by atoms with Crippen LogP contribution in [0.25, 0.3) is 10.9 Å². The van der Waals surface area contributed by atoms with Crippen LogP contribution in [-0.2, 0) is 0 Å². The molecule has 2 rings (SSSR count). The van der Waals surface area contributed by atoms with E-state index in [1.807, 2.05) is 12.1 Å². The van der Waals surface area contributed by atoms with E-state index < -0.39 is 0 Å². The summed E-state index contributed by atoms with van der Waals surface area (Å²) in [5, 5.41) is 10.6. The van der Waals surface area contributed by atoms with Crippen molar-refractivity contribution in [3.63, 3.8) is 0 Å². The third-order valence-corrected chi connectivity index (χ3v) is 4.01. The predicted octanol–water partition coefficient (Wildman–Crippen LogP) is 3.34. The maximum atomic E-state index is 9.32. The van der Waals surface area contributed by atoms with Gasteiger partial charge in [0.15, 0.2) is 0 Å². The first-order valence-corrected chi connectivity index (χ1v) is 6.22. The second-order valence-electron chi connectivity index (χ2n) is 4.64. The quantitative estimate of drug-likeness (QED) is 0.800. The van der Waals surface area contributed by atoms with Gasteiger partial charge in [0, 0.05) is 26.2 Å². The fourth-order valence-corrected chi connectivity index (χ4v) is 2.80. The lowest BCUT2D eigenvalue weighted by atomic mass is 10.2. The standard InChI is InChI=1S/C13H17NOS/c1-9-12(16-13(2,3)8-15)10-6-4-5-7-11(10)14-9/h4-7,14-15H,8H2,1-3H3. The minimum Gasteiger partial charge on any atom is -0.395 e. The van der Waals surface area contributed by atoms with Crippen LogP contribution in [-0.4, -0.2) is 21.4 Å². The van der Waals surface area contributed by atoms with Crippen LogP contribution in [0.4, 0.5) is 0 Å². The molecule has 0 aliphatic heterocycles. The Kier molecular flexibility index (Phi) is 3.00. The molecule has 0 aliphatic carbocycles. The molecule has 0 spiro atoms. The molecule has 1 aromatic heterocycles. The van der Waals surface area contributed by atoms with Gasteiger partial charge in [-0.3, -0.25) is 0 Å². The van der Waals surface area contributed by atoms with E-state index in [0.717, 1.165) is 5.52 Å². The third-order valence-electron chi connectivity index (χ3n) is 2.59. The van der Waals surface area contributed by atoms with E-state index in [4.69, 9.17) is 0 Å². The lowest BCUT2D eigenvalue weighted by Crippen LogP contribution is -2.19. The molecule has 86 valence electrons. The number of aliphatic hydroxyl groups is 1. The van der Waals surface area contributed by atoms with Gasteiger partial charge in [-0.15, -0.1) is 11.8 Å². The first-order valence-electron chi connectivity index (χ1n) is 5.41. The number of para-hydroxylation sites is 1. The maximum absolute atomic E-state index is 9.32. The van der Waals surface area contributed by atoms with Gasteiger partial charge in [-0.2, -0.15) is 0 Å². The second-order valence-corrected chi connectivity index (χ2v) is 6.36. The van der Waals surface area contributed by atoms with E-state index in [1.165, 1.54) is 16.0 Å². The molecule has 0 radical (unpaired) electrons. The van der Waals surface area contributed by atoms with E-state index in [1.54, 1.807) is 11.8 Å². The summed E-state index contributed by atoms with van der Waals surface area (Å²) < 4.78 is -0.143. The molecule has 1 aromatic carbocycles. The Morgan fingerprint density at radius 2 is 2.00 bits per heavy atom. The molecular formula is C13H17NOS. The van der Waals surface area contributed by atoms with Crippen LogP contribution in [0.3, 0.4) is 0 Å². The normalized spacial score (nSPS) is 12.2. The number of hydrogen-bond acceptors (Lipinski definition) is 2. The largest absolute Gasteiger partial charge is 0.395 e. The number of fused-ring (bicyclic) bond motifs is 1. The number of rotatable bonds is 3. The molecule has 0 bridgehead atoms. The number of aliphatic hydroxyl groups excluding tert-OH is 1. The molecule has 0 aliphatic rings. The molecule has 2 N–H and O–H groups in total. The van der Waals surface area contributed by atoms with Gasteiger partial charge in [0.2, 0.25) is 0 Å².